The number of carbonyl (C=O) groups is 1. The first-order valence-corrected chi connectivity index (χ1v) is 8.90. The fraction of sp³-hybridized carbons (Fsp3) is 0.263. The van der Waals surface area contributed by atoms with E-state index < -0.39 is 0 Å². The van der Waals surface area contributed by atoms with Crippen LogP contribution in [0.15, 0.2) is 43.0 Å². The predicted molar refractivity (Wildman–Crippen MR) is 102 cm³/mol. The molecule has 9 heteroatoms. The van der Waals surface area contributed by atoms with Crippen LogP contribution in [0, 0.1) is 6.92 Å². The van der Waals surface area contributed by atoms with Crippen LogP contribution in [-0.2, 0) is 11.2 Å². The Balaban J connectivity index is 1.27. The number of nitrogens with one attached hydrogen (secondary N) is 2. The predicted octanol–water partition coefficient (Wildman–Crippen LogP) is 1.47. The van der Waals surface area contributed by atoms with Crippen LogP contribution in [0.2, 0.25) is 0 Å². The van der Waals surface area contributed by atoms with E-state index in [1.54, 1.807) is 29.4 Å². The molecule has 0 radical (unpaired) electrons. The minimum atomic E-state index is -0.110. The van der Waals surface area contributed by atoms with E-state index in [0.717, 1.165) is 22.8 Å². The van der Waals surface area contributed by atoms with Gasteiger partial charge in [-0.15, -0.1) is 0 Å². The van der Waals surface area contributed by atoms with Crippen LogP contribution in [0.4, 0.5) is 5.82 Å². The van der Waals surface area contributed by atoms with Crippen molar-refractivity contribution in [3.05, 3.63) is 54.2 Å². The van der Waals surface area contributed by atoms with E-state index in [-0.39, 0.29) is 19.2 Å². The number of nitrogens with zero attached hydrogens (tertiary/aromatic N) is 4. The summed E-state index contributed by atoms with van der Waals surface area (Å²) in [7, 11) is 0. The summed E-state index contributed by atoms with van der Waals surface area (Å²) in [4.78, 5) is 24.9. The topological polar surface area (TPSA) is 103 Å². The Labute approximate surface area is 161 Å². The zero-order valence-corrected chi connectivity index (χ0v) is 15.4. The number of fused-ring (bicyclic) bond motifs is 1. The number of carbonyl (C=O) groups excluding carboxylic acids is 1. The molecule has 1 aliphatic heterocycles. The van der Waals surface area contributed by atoms with Crippen molar-refractivity contribution in [1.82, 2.24) is 24.8 Å². The summed E-state index contributed by atoms with van der Waals surface area (Å²) in [6, 6.07) is 7.59. The van der Waals surface area contributed by atoms with Crippen molar-refractivity contribution in [2.75, 3.05) is 25.2 Å². The average molecular weight is 380 g/mol. The van der Waals surface area contributed by atoms with Crippen LogP contribution >= 0.6 is 0 Å². The maximum atomic E-state index is 12.1. The van der Waals surface area contributed by atoms with Gasteiger partial charge < -0.3 is 20.1 Å². The first-order valence-electron chi connectivity index (χ1n) is 8.90. The van der Waals surface area contributed by atoms with Gasteiger partial charge in [-0.25, -0.2) is 9.97 Å². The SMILES string of the molecule is Cc1cc(NCC(=O)NCCc2ccc3c(c2)OCO3)nc(-n2ccnc2)n1. The number of rotatable bonds is 7. The van der Waals surface area contributed by atoms with Crippen molar-refractivity contribution in [2.45, 2.75) is 13.3 Å². The molecule has 1 aliphatic rings. The highest BCUT2D eigenvalue weighted by molar-refractivity contribution is 5.80. The molecule has 3 heterocycles. The van der Waals surface area contributed by atoms with Crippen molar-refractivity contribution in [1.29, 1.82) is 0 Å². The monoisotopic (exact) mass is 380 g/mol. The van der Waals surface area contributed by atoms with E-state index in [1.165, 1.54) is 0 Å². The normalized spacial score (nSPS) is 12.0. The zero-order chi connectivity index (χ0) is 19.3. The van der Waals surface area contributed by atoms with E-state index >= 15 is 0 Å². The van der Waals surface area contributed by atoms with Gasteiger partial charge >= 0.3 is 0 Å². The molecule has 9 nitrogen and oxygen atoms in total. The molecule has 0 saturated carbocycles. The van der Waals surface area contributed by atoms with Crippen LogP contribution in [0.25, 0.3) is 5.95 Å². The van der Waals surface area contributed by atoms with E-state index in [1.807, 2.05) is 25.1 Å². The van der Waals surface area contributed by atoms with Gasteiger partial charge in [-0.1, -0.05) is 6.07 Å². The lowest BCUT2D eigenvalue weighted by atomic mass is 10.1. The quantitative estimate of drug-likeness (QED) is 0.640. The molecule has 0 atom stereocenters. The van der Waals surface area contributed by atoms with Crippen LogP contribution < -0.4 is 20.1 Å². The van der Waals surface area contributed by atoms with Gasteiger partial charge in [0.15, 0.2) is 11.5 Å². The summed E-state index contributed by atoms with van der Waals surface area (Å²) in [5.41, 5.74) is 1.87. The third kappa shape index (κ3) is 4.20. The molecule has 3 aromatic rings. The average Bonchev–Trinajstić information content (AvgIpc) is 3.37. The second kappa shape index (κ2) is 7.95. The number of anilines is 1. The Kier molecular flexibility index (Phi) is 5.05. The van der Waals surface area contributed by atoms with E-state index in [0.29, 0.717) is 24.7 Å². The molecule has 1 aromatic carbocycles. The lowest BCUT2D eigenvalue weighted by Crippen LogP contribution is -2.31. The third-order valence-corrected chi connectivity index (χ3v) is 4.18. The van der Waals surface area contributed by atoms with Crippen molar-refractivity contribution >= 4 is 11.7 Å². The zero-order valence-electron chi connectivity index (χ0n) is 15.4. The highest BCUT2D eigenvalue weighted by atomic mass is 16.7. The summed E-state index contributed by atoms with van der Waals surface area (Å²) < 4.78 is 12.4. The minimum absolute atomic E-state index is 0.110. The summed E-state index contributed by atoms with van der Waals surface area (Å²) >= 11 is 0. The van der Waals surface area contributed by atoms with Crippen molar-refractivity contribution in [3.63, 3.8) is 0 Å². The van der Waals surface area contributed by atoms with Crippen LogP contribution in [0.1, 0.15) is 11.3 Å². The number of hydrogen-bond acceptors (Lipinski definition) is 7. The van der Waals surface area contributed by atoms with Gasteiger partial charge in [-0.2, -0.15) is 4.98 Å². The molecule has 0 bridgehead atoms. The second-order valence-corrected chi connectivity index (χ2v) is 6.31. The molecule has 4 rings (SSSR count). The Bertz CT molecular complexity index is 974. The minimum Gasteiger partial charge on any atom is -0.454 e. The molecule has 2 aromatic heterocycles. The number of aromatic nitrogens is 4. The number of benzene rings is 1. The molecule has 1 amide bonds. The lowest BCUT2D eigenvalue weighted by molar-refractivity contribution is -0.119. The Hall–Kier alpha value is -3.62. The summed E-state index contributed by atoms with van der Waals surface area (Å²) in [6.07, 6.45) is 5.76. The Morgan fingerprint density at radius 3 is 2.96 bits per heavy atom. The summed E-state index contributed by atoms with van der Waals surface area (Å²) in [5.74, 6) is 2.48. The first-order chi connectivity index (χ1) is 13.7. The molecule has 0 aliphatic carbocycles. The van der Waals surface area contributed by atoms with E-state index in [2.05, 4.69) is 25.6 Å². The van der Waals surface area contributed by atoms with Gasteiger partial charge in [-0.3, -0.25) is 9.36 Å². The highest BCUT2D eigenvalue weighted by Gasteiger charge is 2.13. The molecule has 144 valence electrons. The van der Waals surface area contributed by atoms with Crippen LogP contribution in [-0.4, -0.2) is 45.3 Å². The Morgan fingerprint density at radius 2 is 2.11 bits per heavy atom. The van der Waals surface area contributed by atoms with Crippen molar-refractivity contribution in [3.8, 4) is 17.4 Å². The molecule has 28 heavy (non-hydrogen) atoms. The van der Waals surface area contributed by atoms with Gasteiger partial charge in [0.25, 0.3) is 0 Å². The summed E-state index contributed by atoms with van der Waals surface area (Å²) in [6.45, 7) is 2.79. The number of hydrogen-bond donors (Lipinski definition) is 2. The molecule has 0 spiro atoms. The van der Waals surface area contributed by atoms with Crippen molar-refractivity contribution < 1.29 is 14.3 Å². The largest absolute Gasteiger partial charge is 0.454 e. The lowest BCUT2D eigenvalue weighted by Gasteiger charge is -2.09. The first kappa shape index (κ1) is 17.8. The fourth-order valence-corrected chi connectivity index (χ4v) is 2.81. The van der Waals surface area contributed by atoms with E-state index in [4.69, 9.17) is 9.47 Å². The second-order valence-electron chi connectivity index (χ2n) is 6.31. The number of imidazole rings is 1. The standard InChI is InChI=1S/C19H20N6O3/c1-13-8-17(24-19(23-13)25-7-6-20-11-25)22-10-18(26)21-5-4-14-2-3-15-16(9-14)28-12-27-15/h2-3,6-9,11H,4-5,10,12H2,1H3,(H,21,26)(H,22,23,24). The maximum absolute atomic E-state index is 12.1. The number of amides is 1. The molecule has 0 fully saturated rings. The number of aryl methyl sites for hydroxylation is 1. The summed E-state index contributed by atoms with van der Waals surface area (Å²) in [5, 5.41) is 5.93. The van der Waals surface area contributed by atoms with Gasteiger partial charge in [-0.05, 0) is 31.0 Å². The Morgan fingerprint density at radius 1 is 1.21 bits per heavy atom. The van der Waals surface area contributed by atoms with E-state index in [9.17, 15) is 4.79 Å². The third-order valence-electron chi connectivity index (χ3n) is 4.18. The fourth-order valence-electron chi connectivity index (χ4n) is 2.81. The highest BCUT2D eigenvalue weighted by Crippen LogP contribution is 2.32. The smallest absolute Gasteiger partial charge is 0.239 e. The molecule has 2 N–H and O–H groups in total. The number of ether oxygens (including phenoxy) is 2. The van der Waals surface area contributed by atoms with Gasteiger partial charge in [0.05, 0.1) is 6.54 Å². The molecule has 0 unspecified atom stereocenters. The van der Waals surface area contributed by atoms with Crippen LogP contribution in [0.3, 0.4) is 0 Å². The van der Waals surface area contributed by atoms with Gasteiger partial charge in [0.1, 0.15) is 12.1 Å². The van der Waals surface area contributed by atoms with Crippen molar-refractivity contribution in [2.24, 2.45) is 0 Å². The maximum Gasteiger partial charge on any atom is 0.239 e. The van der Waals surface area contributed by atoms with Crippen LogP contribution in [0.5, 0.6) is 11.5 Å². The molecule has 0 saturated heterocycles. The van der Waals surface area contributed by atoms with Gasteiger partial charge in [0, 0.05) is 30.7 Å². The van der Waals surface area contributed by atoms with Gasteiger partial charge in [0.2, 0.25) is 18.6 Å². The molecular formula is C19H20N6O3. The molecular weight excluding hydrogens is 360 g/mol.